The minimum atomic E-state index is -1.07. The van der Waals surface area contributed by atoms with Crippen molar-refractivity contribution < 1.29 is 23.8 Å². The lowest BCUT2D eigenvalue weighted by Gasteiger charge is -2.15. The highest BCUT2D eigenvalue weighted by atomic mass is 16.6. The molecule has 1 aromatic carbocycles. The van der Waals surface area contributed by atoms with Gasteiger partial charge in [-0.2, -0.15) is 0 Å². The second kappa shape index (κ2) is 7.49. The molecular formula is C17H19NO5. The fraction of sp³-hybridized carbons (Fsp3) is 0.294. The van der Waals surface area contributed by atoms with Crippen LogP contribution in [0.5, 0.6) is 11.7 Å². The van der Waals surface area contributed by atoms with E-state index in [9.17, 15) is 9.59 Å². The first-order valence-corrected chi connectivity index (χ1v) is 7.32. The molecule has 0 spiro atoms. The standard InChI is InChI=1S/C17H19NO5/c1-11(2)10-13(17(20)21)18-16(19)14-8-9-15(23-14)22-12-6-4-3-5-7-12/h3-9,11,13H,10H2,1-2H3,(H,18,19)(H,20,21)/t13-/m0/s1. The van der Waals surface area contributed by atoms with Crippen LogP contribution in [0.3, 0.4) is 0 Å². The van der Waals surface area contributed by atoms with Crippen molar-refractivity contribution in [2.45, 2.75) is 26.3 Å². The maximum atomic E-state index is 12.1. The third kappa shape index (κ3) is 4.88. The molecule has 1 atom stereocenters. The van der Waals surface area contributed by atoms with E-state index in [1.165, 1.54) is 12.1 Å². The largest absolute Gasteiger partial charge is 0.480 e. The molecule has 0 saturated carbocycles. The number of benzene rings is 1. The number of hydrogen-bond donors (Lipinski definition) is 2. The molecule has 2 aromatic rings. The van der Waals surface area contributed by atoms with Crippen LogP contribution < -0.4 is 10.1 Å². The van der Waals surface area contributed by atoms with Gasteiger partial charge in [0.15, 0.2) is 5.76 Å². The third-order valence-corrected chi connectivity index (χ3v) is 3.08. The molecule has 0 aliphatic heterocycles. The number of ether oxygens (including phenoxy) is 1. The fourth-order valence-corrected chi connectivity index (χ4v) is 2.02. The van der Waals surface area contributed by atoms with Crippen molar-refractivity contribution in [1.82, 2.24) is 5.32 Å². The number of amides is 1. The van der Waals surface area contributed by atoms with Crippen LogP contribution in [0.4, 0.5) is 0 Å². The number of carbonyl (C=O) groups excluding carboxylic acids is 1. The van der Waals surface area contributed by atoms with Crippen LogP contribution in [-0.4, -0.2) is 23.0 Å². The van der Waals surface area contributed by atoms with Crippen LogP contribution in [0.2, 0.25) is 0 Å². The lowest BCUT2D eigenvalue weighted by Crippen LogP contribution is -2.41. The SMILES string of the molecule is CC(C)C[C@H](NC(=O)c1ccc(Oc2ccccc2)o1)C(=O)O. The van der Waals surface area contributed by atoms with E-state index in [-0.39, 0.29) is 17.6 Å². The van der Waals surface area contributed by atoms with Gasteiger partial charge < -0.3 is 19.6 Å². The summed E-state index contributed by atoms with van der Waals surface area (Å²) < 4.78 is 10.8. The van der Waals surface area contributed by atoms with Crippen LogP contribution in [0.1, 0.15) is 30.8 Å². The molecule has 2 N–H and O–H groups in total. The van der Waals surface area contributed by atoms with E-state index >= 15 is 0 Å². The van der Waals surface area contributed by atoms with Gasteiger partial charge in [-0.15, -0.1) is 0 Å². The van der Waals surface area contributed by atoms with E-state index in [0.29, 0.717) is 12.2 Å². The maximum absolute atomic E-state index is 12.1. The molecule has 6 heteroatoms. The number of rotatable bonds is 7. The van der Waals surface area contributed by atoms with Gasteiger partial charge in [0.2, 0.25) is 0 Å². The van der Waals surface area contributed by atoms with Gasteiger partial charge >= 0.3 is 5.97 Å². The van der Waals surface area contributed by atoms with Crippen molar-refractivity contribution in [3.05, 3.63) is 48.2 Å². The molecule has 23 heavy (non-hydrogen) atoms. The summed E-state index contributed by atoms with van der Waals surface area (Å²) in [7, 11) is 0. The minimum absolute atomic E-state index is 0.00550. The smallest absolute Gasteiger partial charge is 0.326 e. The van der Waals surface area contributed by atoms with Gasteiger partial charge in [-0.25, -0.2) is 4.79 Å². The maximum Gasteiger partial charge on any atom is 0.326 e. The van der Waals surface area contributed by atoms with Crippen molar-refractivity contribution >= 4 is 11.9 Å². The topological polar surface area (TPSA) is 88.8 Å². The van der Waals surface area contributed by atoms with Gasteiger partial charge in [0.25, 0.3) is 11.9 Å². The Balaban J connectivity index is 2.01. The summed E-state index contributed by atoms with van der Waals surface area (Å²) in [5, 5.41) is 11.6. The molecule has 0 unspecified atom stereocenters. The number of carboxylic acid groups (broad SMARTS) is 1. The highest BCUT2D eigenvalue weighted by Crippen LogP contribution is 2.23. The monoisotopic (exact) mass is 317 g/mol. The molecule has 2 rings (SSSR count). The van der Waals surface area contributed by atoms with E-state index in [2.05, 4.69) is 5.32 Å². The van der Waals surface area contributed by atoms with Crippen molar-refractivity contribution in [3.8, 4) is 11.7 Å². The Labute approximate surface area is 134 Å². The van der Waals surface area contributed by atoms with Gasteiger partial charge in [-0.3, -0.25) is 4.79 Å². The lowest BCUT2D eigenvalue weighted by molar-refractivity contribution is -0.139. The first-order chi connectivity index (χ1) is 11.0. The molecule has 0 saturated heterocycles. The summed E-state index contributed by atoms with van der Waals surface area (Å²) in [6.45, 7) is 3.78. The number of carboxylic acids is 1. The van der Waals surface area contributed by atoms with Crippen LogP contribution in [-0.2, 0) is 4.79 Å². The Bertz CT molecular complexity index is 663. The van der Waals surface area contributed by atoms with Crippen molar-refractivity contribution in [3.63, 3.8) is 0 Å². The van der Waals surface area contributed by atoms with E-state index in [4.69, 9.17) is 14.3 Å². The zero-order valence-electron chi connectivity index (χ0n) is 13.0. The third-order valence-electron chi connectivity index (χ3n) is 3.08. The number of carbonyl (C=O) groups is 2. The molecule has 6 nitrogen and oxygen atoms in total. The second-order valence-electron chi connectivity index (χ2n) is 5.53. The Hall–Kier alpha value is -2.76. The second-order valence-corrected chi connectivity index (χ2v) is 5.53. The molecule has 0 bridgehead atoms. The highest BCUT2D eigenvalue weighted by Gasteiger charge is 2.23. The van der Waals surface area contributed by atoms with Crippen molar-refractivity contribution in [2.24, 2.45) is 5.92 Å². The highest BCUT2D eigenvalue weighted by molar-refractivity contribution is 5.94. The van der Waals surface area contributed by atoms with Gasteiger partial charge in [-0.05, 0) is 30.5 Å². The Morgan fingerprint density at radius 2 is 1.87 bits per heavy atom. The Morgan fingerprint density at radius 1 is 1.17 bits per heavy atom. The first-order valence-electron chi connectivity index (χ1n) is 7.32. The van der Waals surface area contributed by atoms with E-state index in [0.717, 1.165) is 0 Å². The molecule has 0 fully saturated rings. The molecule has 1 amide bonds. The normalized spacial score (nSPS) is 12.0. The lowest BCUT2D eigenvalue weighted by atomic mass is 10.0. The summed E-state index contributed by atoms with van der Waals surface area (Å²) in [6.07, 6.45) is 0.342. The first kappa shape index (κ1) is 16.6. The Kier molecular flexibility index (Phi) is 5.41. The number of hydrogen-bond acceptors (Lipinski definition) is 4. The Morgan fingerprint density at radius 3 is 2.48 bits per heavy atom. The van der Waals surface area contributed by atoms with Gasteiger partial charge in [0, 0.05) is 6.07 Å². The van der Waals surface area contributed by atoms with Crippen molar-refractivity contribution in [2.75, 3.05) is 0 Å². The molecule has 0 radical (unpaired) electrons. The summed E-state index contributed by atoms with van der Waals surface area (Å²) in [4.78, 5) is 23.3. The predicted octanol–water partition coefficient (Wildman–Crippen LogP) is 3.30. The van der Waals surface area contributed by atoms with Gasteiger partial charge in [0.1, 0.15) is 11.8 Å². The van der Waals surface area contributed by atoms with E-state index in [1.54, 1.807) is 12.1 Å². The van der Waals surface area contributed by atoms with Crippen LogP contribution in [0, 0.1) is 5.92 Å². The van der Waals surface area contributed by atoms with Gasteiger partial charge in [0.05, 0.1) is 0 Å². The van der Waals surface area contributed by atoms with Crippen LogP contribution in [0.25, 0.3) is 0 Å². The van der Waals surface area contributed by atoms with Crippen LogP contribution >= 0.6 is 0 Å². The minimum Gasteiger partial charge on any atom is -0.480 e. The van der Waals surface area contributed by atoms with Crippen LogP contribution in [0.15, 0.2) is 46.9 Å². The molecule has 1 heterocycles. The summed E-state index contributed by atoms with van der Waals surface area (Å²) in [5.74, 6) is -0.759. The zero-order chi connectivity index (χ0) is 16.8. The summed E-state index contributed by atoms with van der Waals surface area (Å²) >= 11 is 0. The number of aliphatic carboxylic acids is 1. The van der Waals surface area contributed by atoms with E-state index in [1.807, 2.05) is 32.0 Å². The number of nitrogens with one attached hydrogen (secondary N) is 1. The predicted molar refractivity (Wildman–Crippen MR) is 83.6 cm³/mol. The van der Waals surface area contributed by atoms with E-state index < -0.39 is 17.9 Å². The summed E-state index contributed by atoms with van der Waals surface area (Å²) in [6, 6.07) is 11.0. The fourth-order valence-electron chi connectivity index (χ4n) is 2.02. The molecule has 122 valence electrons. The zero-order valence-corrected chi connectivity index (χ0v) is 13.0. The molecule has 1 aromatic heterocycles. The summed E-state index contributed by atoms with van der Waals surface area (Å²) in [5.41, 5.74) is 0. The number of para-hydroxylation sites is 1. The van der Waals surface area contributed by atoms with Gasteiger partial charge in [-0.1, -0.05) is 32.0 Å². The average molecular weight is 317 g/mol. The quantitative estimate of drug-likeness (QED) is 0.818. The molecule has 0 aliphatic carbocycles. The molecular weight excluding hydrogens is 298 g/mol. The van der Waals surface area contributed by atoms with Crippen molar-refractivity contribution in [1.29, 1.82) is 0 Å². The average Bonchev–Trinajstić information content (AvgIpc) is 2.95. The number of furan rings is 1. The molecule has 0 aliphatic rings.